The van der Waals surface area contributed by atoms with E-state index in [4.69, 9.17) is 10.8 Å². The number of aromatic nitrogens is 4. The molecule has 0 radical (unpaired) electrons. The Morgan fingerprint density at radius 1 is 1.50 bits per heavy atom. The van der Waals surface area contributed by atoms with Gasteiger partial charge >= 0.3 is 0 Å². The Hall–Kier alpha value is -1.38. The fraction of sp³-hybridized carbons (Fsp3) is 0.375. The summed E-state index contributed by atoms with van der Waals surface area (Å²) in [5, 5.41) is 25.9. The van der Waals surface area contributed by atoms with Gasteiger partial charge in [0, 0.05) is 5.75 Å². The predicted octanol–water partition coefficient (Wildman–Crippen LogP) is -0.620. The van der Waals surface area contributed by atoms with Crippen molar-refractivity contribution >= 4 is 28.6 Å². The second-order valence-electron chi connectivity index (χ2n) is 3.16. The second-order valence-corrected chi connectivity index (χ2v) is 4.17. The fourth-order valence-corrected chi connectivity index (χ4v) is 2.10. The molecule has 2 rings (SSSR count). The number of aliphatic hydroxyl groups excluding tert-OH is 2. The van der Waals surface area contributed by atoms with Crippen molar-refractivity contribution in [2.24, 2.45) is 0 Å². The predicted molar refractivity (Wildman–Crippen MR) is 59.9 cm³/mol. The van der Waals surface area contributed by atoms with E-state index in [0.717, 1.165) is 0 Å². The lowest BCUT2D eigenvalue weighted by molar-refractivity contribution is 0.113. The third-order valence-electron chi connectivity index (χ3n) is 1.98. The minimum Gasteiger partial charge on any atom is -0.394 e. The standard InChI is InChI=1S/C8H11N5O2S/c9-6-5-7(11-3-10-6)12-13-8(5)16-2-4(15)1-14/h3-4,14-15H,1-2H2,(H3,9,10,11,12,13). The number of nitrogens with one attached hydrogen (secondary N) is 1. The van der Waals surface area contributed by atoms with Crippen LogP contribution in [0.15, 0.2) is 11.4 Å². The molecular formula is C8H11N5O2S. The molecule has 7 nitrogen and oxygen atoms in total. The lowest BCUT2D eigenvalue weighted by atomic mass is 10.4. The van der Waals surface area contributed by atoms with E-state index in [1.54, 1.807) is 0 Å². The summed E-state index contributed by atoms with van der Waals surface area (Å²) in [6.07, 6.45) is 0.579. The van der Waals surface area contributed by atoms with Crippen molar-refractivity contribution in [3.05, 3.63) is 6.33 Å². The minimum absolute atomic E-state index is 0.276. The Labute approximate surface area is 95.1 Å². The van der Waals surface area contributed by atoms with Crippen LogP contribution in [-0.2, 0) is 0 Å². The SMILES string of the molecule is Nc1ncnc2[nH]nc(SCC(O)CO)c12. The van der Waals surface area contributed by atoms with E-state index in [9.17, 15) is 5.11 Å². The van der Waals surface area contributed by atoms with Gasteiger partial charge in [-0.25, -0.2) is 9.97 Å². The lowest BCUT2D eigenvalue weighted by Crippen LogP contribution is -2.14. The summed E-state index contributed by atoms with van der Waals surface area (Å²) >= 11 is 1.29. The normalized spacial score (nSPS) is 13.1. The van der Waals surface area contributed by atoms with Crippen LogP contribution in [0.2, 0.25) is 0 Å². The summed E-state index contributed by atoms with van der Waals surface area (Å²) in [5.74, 6) is 0.685. The quantitative estimate of drug-likeness (QED) is 0.526. The summed E-state index contributed by atoms with van der Waals surface area (Å²) in [5.41, 5.74) is 6.27. The van der Waals surface area contributed by atoms with E-state index >= 15 is 0 Å². The van der Waals surface area contributed by atoms with E-state index in [1.807, 2.05) is 0 Å². The van der Waals surface area contributed by atoms with Crippen molar-refractivity contribution in [2.75, 3.05) is 18.1 Å². The molecule has 0 bridgehead atoms. The molecule has 86 valence electrons. The minimum atomic E-state index is -0.775. The van der Waals surface area contributed by atoms with Gasteiger partial charge in [-0.3, -0.25) is 5.10 Å². The smallest absolute Gasteiger partial charge is 0.161 e. The molecule has 0 amide bonds. The zero-order chi connectivity index (χ0) is 11.5. The van der Waals surface area contributed by atoms with Crippen LogP contribution in [0.1, 0.15) is 0 Å². The van der Waals surface area contributed by atoms with Crippen molar-refractivity contribution in [2.45, 2.75) is 11.1 Å². The van der Waals surface area contributed by atoms with Gasteiger partial charge in [0.1, 0.15) is 17.2 Å². The van der Waals surface area contributed by atoms with Gasteiger partial charge in [0.05, 0.1) is 18.1 Å². The Kier molecular flexibility index (Phi) is 3.22. The highest BCUT2D eigenvalue weighted by Gasteiger charge is 2.12. The number of nitrogens with two attached hydrogens (primary N) is 1. The number of nitrogen functional groups attached to an aromatic ring is 1. The number of hydrogen-bond acceptors (Lipinski definition) is 7. The number of rotatable bonds is 4. The number of aromatic amines is 1. The maximum atomic E-state index is 9.23. The molecule has 1 unspecified atom stereocenters. The van der Waals surface area contributed by atoms with Crippen molar-refractivity contribution in [1.82, 2.24) is 20.2 Å². The molecule has 0 aliphatic rings. The van der Waals surface area contributed by atoms with Crippen LogP contribution >= 0.6 is 11.8 Å². The number of aliphatic hydroxyl groups is 2. The molecule has 2 aromatic rings. The van der Waals surface area contributed by atoms with Crippen LogP contribution in [0.5, 0.6) is 0 Å². The highest BCUT2D eigenvalue weighted by molar-refractivity contribution is 7.99. The number of thioether (sulfide) groups is 1. The topological polar surface area (TPSA) is 121 Å². The third-order valence-corrected chi connectivity index (χ3v) is 3.10. The molecule has 1 atom stereocenters. The van der Waals surface area contributed by atoms with Gasteiger partial charge in [-0.2, -0.15) is 5.10 Å². The highest BCUT2D eigenvalue weighted by atomic mass is 32.2. The van der Waals surface area contributed by atoms with E-state index in [2.05, 4.69) is 20.2 Å². The monoisotopic (exact) mass is 241 g/mol. The van der Waals surface area contributed by atoms with Gasteiger partial charge in [-0.15, -0.1) is 11.8 Å². The molecule has 0 aromatic carbocycles. The molecule has 2 heterocycles. The van der Waals surface area contributed by atoms with E-state index in [1.165, 1.54) is 18.1 Å². The van der Waals surface area contributed by atoms with E-state index in [0.29, 0.717) is 27.6 Å². The molecule has 0 spiro atoms. The van der Waals surface area contributed by atoms with Crippen molar-refractivity contribution in [3.8, 4) is 0 Å². The Morgan fingerprint density at radius 2 is 2.31 bits per heavy atom. The molecule has 8 heteroatoms. The zero-order valence-corrected chi connectivity index (χ0v) is 9.11. The number of fused-ring (bicyclic) bond motifs is 1. The summed E-state index contributed by atoms with van der Waals surface area (Å²) in [6.45, 7) is -0.276. The number of H-pyrrole nitrogens is 1. The molecule has 2 aromatic heterocycles. The molecule has 0 saturated carbocycles. The first kappa shape index (κ1) is 11.1. The third kappa shape index (κ3) is 2.08. The number of nitrogens with zero attached hydrogens (tertiary/aromatic N) is 3. The first-order valence-electron chi connectivity index (χ1n) is 4.58. The van der Waals surface area contributed by atoms with Gasteiger partial charge in [0.25, 0.3) is 0 Å². The van der Waals surface area contributed by atoms with Crippen LogP contribution in [0.3, 0.4) is 0 Å². The highest BCUT2D eigenvalue weighted by Crippen LogP contribution is 2.27. The molecule has 0 fully saturated rings. The van der Waals surface area contributed by atoms with Gasteiger partial charge in [0.2, 0.25) is 0 Å². The average molecular weight is 241 g/mol. The molecule has 0 aliphatic heterocycles. The Bertz CT molecular complexity index is 488. The maximum absolute atomic E-state index is 9.23. The fourth-order valence-electron chi connectivity index (χ4n) is 1.19. The van der Waals surface area contributed by atoms with Crippen LogP contribution in [0.4, 0.5) is 5.82 Å². The van der Waals surface area contributed by atoms with Gasteiger partial charge in [-0.05, 0) is 0 Å². The summed E-state index contributed by atoms with van der Waals surface area (Å²) in [7, 11) is 0. The zero-order valence-electron chi connectivity index (χ0n) is 8.29. The van der Waals surface area contributed by atoms with Crippen LogP contribution in [0, 0.1) is 0 Å². The van der Waals surface area contributed by atoms with Crippen LogP contribution in [-0.4, -0.2) is 48.8 Å². The maximum Gasteiger partial charge on any atom is 0.161 e. The van der Waals surface area contributed by atoms with Crippen molar-refractivity contribution < 1.29 is 10.2 Å². The van der Waals surface area contributed by atoms with Gasteiger partial charge < -0.3 is 15.9 Å². The van der Waals surface area contributed by atoms with Gasteiger partial charge in [0.15, 0.2) is 5.65 Å². The molecule has 5 N–H and O–H groups in total. The second kappa shape index (κ2) is 4.64. The molecule has 16 heavy (non-hydrogen) atoms. The van der Waals surface area contributed by atoms with E-state index < -0.39 is 6.10 Å². The molecule has 0 saturated heterocycles. The lowest BCUT2D eigenvalue weighted by Gasteiger charge is -2.04. The molecular weight excluding hydrogens is 230 g/mol. The van der Waals surface area contributed by atoms with Crippen molar-refractivity contribution in [1.29, 1.82) is 0 Å². The number of anilines is 1. The Balaban J connectivity index is 2.24. The summed E-state index contributed by atoms with van der Waals surface area (Å²) in [4.78, 5) is 7.84. The Morgan fingerprint density at radius 3 is 3.06 bits per heavy atom. The number of hydrogen-bond donors (Lipinski definition) is 4. The van der Waals surface area contributed by atoms with Crippen LogP contribution in [0.25, 0.3) is 11.0 Å². The molecule has 0 aliphatic carbocycles. The first-order chi connectivity index (χ1) is 7.72. The summed E-state index contributed by atoms with van der Waals surface area (Å²) < 4.78 is 0. The van der Waals surface area contributed by atoms with E-state index in [-0.39, 0.29) is 6.61 Å². The average Bonchev–Trinajstić information content (AvgIpc) is 2.70. The van der Waals surface area contributed by atoms with Crippen LogP contribution < -0.4 is 5.73 Å². The van der Waals surface area contributed by atoms with Gasteiger partial charge in [-0.1, -0.05) is 0 Å². The first-order valence-corrected chi connectivity index (χ1v) is 5.57. The summed E-state index contributed by atoms with van der Waals surface area (Å²) in [6, 6.07) is 0. The van der Waals surface area contributed by atoms with Crippen molar-refractivity contribution in [3.63, 3.8) is 0 Å². The largest absolute Gasteiger partial charge is 0.394 e.